The van der Waals surface area contributed by atoms with Crippen LogP contribution >= 0.6 is 28.1 Å². The zero-order valence-electron chi connectivity index (χ0n) is 9.14. The summed E-state index contributed by atoms with van der Waals surface area (Å²) in [6.45, 7) is 1.73. The largest absolute Gasteiger partial charge is 0.479 e. The van der Waals surface area contributed by atoms with Gasteiger partial charge in [-0.1, -0.05) is 35.1 Å². The summed E-state index contributed by atoms with van der Waals surface area (Å²) in [4.78, 5) is 11.1. The van der Waals surface area contributed by atoms with Gasteiger partial charge in [0.15, 0.2) is 6.10 Å². The highest BCUT2D eigenvalue weighted by molar-refractivity contribution is 9.10. The van der Waals surface area contributed by atoms with Crippen LogP contribution in [0.25, 0.3) is 0 Å². The number of ether oxygens (including phenoxy) is 1. The molecule has 1 atom stereocenters. The van der Waals surface area contributed by atoms with Crippen molar-refractivity contribution < 1.29 is 14.6 Å². The molecule has 1 aromatic rings. The molecular weight excluding hydrogens is 306 g/mol. The highest BCUT2D eigenvalue weighted by Gasteiger charge is 2.19. The molecule has 92 valence electrons. The van der Waals surface area contributed by atoms with Crippen molar-refractivity contribution in [2.75, 3.05) is 0 Å². The van der Waals surface area contributed by atoms with Crippen molar-refractivity contribution in [3.63, 3.8) is 0 Å². The molecule has 3 N–H and O–H groups in total. The smallest absolute Gasteiger partial charge is 0.344 e. The minimum absolute atomic E-state index is 0.168. The van der Waals surface area contributed by atoms with E-state index in [2.05, 4.69) is 15.9 Å². The van der Waals surface area contributed by atoms with Gasteiger partial charge in [-0.3, -0.25) is 0 Å². The Bertz CT molecular complexity index is 450. The lowest BCUT2D eigenvalue weighted by molar-refractivity contribution is -0.145. The molecule has 0 saturated heterocycles. The molecule has 1 aromatic carbocycles. The number of carboxylic acid groups (broad SMARTS) is 1. The lowest BCUT2D eigenvalue weighted by atomic mass is 10.2. The molecule has 0 fully saturated rings. The second-order valence-electron chi connectivity index (χ2n) is 3.36. The predicted octanol–water partition coefficient (Wildman–Crippen LogP) is 2.33. The van der Waals surface area contributed by atoms with E-state index in [0.717, 1.165) is 4.47 Å². The molecular formula is C11H12BrNO3S. The SMILES string of the molecule is CCC(Oc1ccc(Br)cc1C(N)=S)C(=O)O. The van der Waals surface area contributed by atoms with Gasteiger partial charge in [-0.15, -0.1) is 0 Å². The first kappa shape index (κ1) is 13.9. The van der Waals surface area contributed by atoms with Crippen LogP contribution in [-0.4, -0.2) is 22.2 Å². The number of halogens is 1. The number of rotatable bonds is 5. The molecule has 0 bridgehead atoms. The molecule has 0 aliphatic rings. The van der Waals surface area contributed by atoms with Crippen LogP contribution in [0.15, 0.2) is 22.7 Å². The lowest BCUT2D eigenvalue weighted by Gasteiger charge is -2.16. The zero-order valence-corrected chi connectivity index (χ0v) is 11.5. The highest BCUT2D eigenvalue weighted by atomic mass is 79.9. The van der Waals surface area contributed by atoms with Crippen molar-refractivity contribution in [1.29, 1.82) is 0 Å². The average molecular weight is 318 g/mol. The first-order valence-corrected chi connectivity index (χ1v) is 6.14. The molecule has 0 saturated carbocycles. The zero-order chi connectivity index (χ0) is 13.0. The van der Waals surface area contributed by atoms with Crippen molar-refractivity contribution in [2.45, 2.75) is 19.4 Å². The van der Waals surface area contributed by atoms with Gasteiger partial charge in [0.1, 0.15) is 10.7 Å². The topological polar surface area (TPSA) is 72.5 Å². The van der Waals surface area contributed by atoms with E-state index < -0.39 is 12.1 Å². The van der Waals surface area contributed by atoms with Gasteiger partial charge < -0.3 is 15.6 Å². The summed E-state index contributed by atoms with van der Waals surface area (Å²) in [5.74, 6) is -0.626. The molecule has 0 aliphatic heterocycles. The van der Waals surface area contributed by atoms with E-state index in [4.69, 9.17) is 27.8 Å². The van der Waals surface area contributed by atoms with Crippen LogP contribution in [0.4, 0.5) is 0 Å². The minimum atomic E-state index is -1.01. The summed E-state index contributed by atoms with van der Waals surface area (Å²) < 4.78 is 6.19. The monoisotopic (exact) mass is 317 g/mol. The molecule has 0 amide bonds. The van der Waals surface area contributed by atoms with Crippen LogP contribution < -0.4 is 10.5 Å². The molecule has 1 rings (SSSR count). The third-order valence-electron chi connectivity index (χ3n) is 2.12. The van der Waals surface area contributed by atoms with Crippen LogP contribution in [0, 0.1) is 0 Å². The molecule has 4 nitrogen and oxygen atoms in total. The summed E-state index contributed by atoms with van der Waals surface area (Å²) >= 11 is 8.18. The molecule has 0 radical (unpaired) electrons. The summed E-state index contributed by atoms with van der Waals surface area (Å²) in [5.41, 5.74) is 6.08. The van der Waals surface area contributed by atoms with Crippen molar-refractivity contribution >= 4 is 39.1 Å². The van der Waals surface area contributed by atoms with Crippen molar-refractivity contribution in [3.05, 3.63) is 28.2 Å². The van der Waals surface area contributed by atoms with Crippen LogP contribution in [0.5, 0.6) is 5.75 Å². The molecule has 1 unspecified atom stereocenters. The Morgan fingerprint density at radius 2 is 2.29 bits per heavy atom. The van der Waals surface area contributed by atoms with Crippen LogP contribution in [-0.2, 0) is 4.79 Å². The number of hydrogen-bond acceptors (Lipinski definition) is 3. The van der Waals surface area contributed by atoms with Gasteiger partial charge in [0.2, 0.25) is 0 Å². The van der Waals surface area contributed by atoms with Crippen LogP contribution in [0.1, 0.15) is 18.9 Å². The molecule has 17 heavy (non-hydrogen) atoms. The first-order valence-electron chi connectivity index (χ1n) is 4.94. The van der Waals surface area contributed by atoms with Gasteiger partial charge >= 0.3 is 5.97 Å². The summed E-state index contributed by atoms with van der Waals surface area (Å²) in [6, 6.07) is 5.09. The Balaban J connectivity index is 3.05. The Labute approximate surface area is 113 Å². The van der Waals surface area contributed by atoms with E-state index in [-0.39, 0.29) is 4.99 Å². The van der Waals surface area contributed by atoms with E-state index in [9.17, 15) is 4.79 Å². The maximum Gasteiger partial charge on any atom is 0.344 e. The molecule has 0 aromatic heterocycles. The Hall–Kier alpha value is -1.14. The Morgan fingerprint density at radius 3 is 2.76 bits per heavy atom. The number of benzene rings is 1. The van der Waals surface area contributed by atoms with Crippen molar-refractivity contribution in [1.82, 2.24) is 0 Å². The van der Waals surface area contributed by atoms with Gasteiger partial charge in [0.25, 0.3) is 0 Å². The van der Waals surface area contributed by atoms with E-state index in [1.54, 1.807) is 25.1 Å². The second-order valence-corrected chi connectivity index (χ2v) is 4.71. The number of nitrogens with two attached hydrogens (primary N) is 1. The highest BCUT2D eigenvalue weighted by Crippen LogP contribution is 2.24. The van der Waals surface area contributed by atoms with E-state index in [1.807, 2.05) is 0 Å². The quantitative estimate of drug-likeness (QED) is 0.815. The first-order chi connectivity index (χ1) is 7.95. The molecule has 6 heteroatoms. The summed E-state index contributed by atoms with van der Waals surface area (Å²) in [6.07, 6.45) is -0.536. The van der Waals surface area contributed by atoms with Crippen molar-refractivity contribution in [3.8, 4) is 5.75 Å². The summed E-state index contributed by atoms with van der Waals surface area (Å²) in [7, 11) is 0. The number of aliphatic carboxylic acids is 1. The van der Waals surface area contributed by atoms with Crippen LogP contribution in [0.2, 0.25) is 0 Å². The molecule has 0 heterocycles. The maximum atomic E-state index is 10.9. The lowest BCUT2D eigenvalue weighted by Crippen LogP contribution is -2.27. The van der Waals surface area contributed by atoms with Gasteiger partial charge in [-0.05, 0) is 24.6 Å². The van der Waals surface area contributed by atoms with E-state index in [1.165, 1.54) is 0 Å². The Kier molecular flexibility index (Phi) is 4.89. The third-order valence-corrected chi connectivity index (χ3v) is 2.84. The van der Waals surface area contributed by atoms with E-state index >= 15 is 0 Å². The fraction of sp³-hybridized carbons (Fsp3) is 0.273. The van der Waals surface area contributed by atoms with Crippen molar-refractivity contribution in [2.24, 2.45) is 5.73 Å². The molecule has 0 aliphatic carbocycles. The van der Waals surface area contributed by atoms with Gasteiger partial charge in [-0.25, -0.2) is 4.79 Å². The molecule has 0 spiro atoms. The number of carbonyl (C=O) groups is 1. The fourth-order valence-electron chi connectivity index (χ4n) is 1.26. The standard InChI is InChI=1S/C11H12BrNO3S/c1-2-8(11(14)15)16-9-4-3-6(12)5-7(9)10(13)17/h3-5,8H,2H2,1H3,(H2,13,17)(H,14,15). The summed E-state index contributed by atoms with van der Waals surface area (Å²) in [5, 5.41) is 8.92. The predicted molar refractivity (Wildman–Crippen MR) is 72.4 cm³/mol. The van der Waals surface area contributed by atoms with E-state index in [0.29, 0.717) is 17.7 Å². The fourth-order valence-corrected chi connectivity index (χ4v) is 1.78. The number of carboxylic acids is 1. The van der Waals surface area contributed by atoms with Gasteiger partial charge in [-0.2, -0.15) is 0 Å². The van der Waals surface area contributed by atoms with Crippen LogP contribution in [0.3, 0.4) is 0 Å². The number of thiocarbonyl (C=S) groups is 1. The van der Waals surface area contributed by atoms with Gasteiger partial charge in [0.05, 0.1) is 5.56 Å². The average Bonchev–Trinajstić information content (AvgIpc) is 2.26. The van der Waals surface area contributed by atoms with Gasteiger partial charge in [0, 0.05) is 4.47 Å². The normalized spacial score (nSPS) is 11.9. The Morgan fingerprint density at radius 1 is 1.65 bits per heavy atom. The number of hydrogen-bond donors (Lipinski definition) is 2. The maximum absolute atomic E-state index is 10.9. The third kappa shape index (κ3) is 3.67. The minimum Gasteiger partial charge on any atom is -0.479 e. The second kappa shape index (κ2) is 5.97.